The summed E-state index contributed by atoms with van der Waals surface area (Å²) in [7, 11) is 2.06. The quantitative estimate of drug-likeness (QED) is 0.780. The fourth-order valence-corrected chi connectivity index (χ4v) is 1.50. The molecule has 0 spiro atoms. The number of nitrogens with two attached hydrogens (primary N) is 1. The molecule has 0 saturated heterocycles. The zero-order valence-corrected chi connectivity index (χ0v) is 9.29. The molecule has 0 aliphatic heterocycles. The Morgan fingerprint density at radius 3 is 2.57 bits per heavy atom. The summed E-state index contributed by atoms with van der Waals surface area (Å²) in [5, 5.41) is 0. The summed E-state index contributed by atoms with van der Waals surface area (Å²) in [4.78, 5) is 2.19. The second-order valence-corrected chi connectivity index (χ2v) is 3.48. The van der Waals surface area contributed by atoms with Crippen molar-refractivity contribution in [3.05, 3.63) is 23.7 Å². The van der Waals surface area contributed by atoms with Crippen molar-refractivity contribution in [2.45, 2.75) is 26.3 Å². The van der Waals surface area contributed by atoms with Gasteiger partial charge >= 0.3 is 0 Å². The van der Waals surface area contributed by atoms with Crippen LogP contribution in [-0.4, -0.2) is 25.0 Å². The predicted molar refractivity (Wildman–Crippen MR) is 58.2 cm³/mol. The number of aryl methyl sites for hydroxylation is 1. The van der Waals surface area contributed by atoms with Gasteiger partial charge in [-0.2, -0.15) is 0 Å². The van der Waals surface area contributed by atoms with Crippen LogP contribution in [0.1, 0.15) is 31.4 Å². The number of rotatable bonds is 5. The molecule has 0 bridgehead atoms. The lowest BCUT2D eigenvalue weighted by molar-refractivity contribution is 0.228. The molecule has 2 N–H and O–H groups in total. The molecule has 14 heavy (non-hydrogen) atoms. The SMILES string of the molecule is CCc1ccc(C(CN)N(C)CC)o1. The lowest BCUT2D eigenvalue weighted by Gasteiger charge is -2.23. The van der Waals surface area contributed by atoms with Gasteiger partial charge in [-0.05, 0) is 25.7 Å². The topological polar surface area (TPSA) is 42.4 Å². The van der Waals surface area contributed by atoms with Crippen LogP contribution < -0.4 is 5.73 Å². The van der Waals surface area contributed by atoms with E-state index in [1.165, 1.54) is 0 Å². The maximum absolute atomic E-state index is 5.73. The highest BCUT2D eigenvalue weighted by molar-refractivity contribution is 5.11. The van der Waals surface area contributed by atoms with Crippen molar-refractivity contribution in [3.63, 3.8) is 0 Å². The molecule has 0 aliphatic carbocycles. The first-order valence-electron chi connectivity index (χ1n) is 5.21. The zero-order valence-electron chi connectivity index (χ0n) is 9.29. The van der Waals surface area contributed by atoms with Crippen molar-refractivity contribution in [3.8, 4) is 0 Å². The first-order chi connectivity index (χ1) is 6.72. The van der Waals surface area contributed by atoms with Gasteiger partial charge in [-0.15, -0.1) is 0 Å². The van der Waals surface area contributed by atoms with Crippen LogP contribution in [0.5, 0.6) is 0 Å². The molecule has 0 saturated carbocycles. The first-order valence-corrected chi connectivity index (χ1v) is 5.21. The number of furan rings is 1. The average Bonchev–Trinajstić information content (AvgIpc) is 2.67. The molecular weight excluding hydrogens is 176 g/mol. The average molecular weight is 196 g/mol. The van der Waals surface area contributed by atoms with Crippen LogP contribution >= 0.6 is 0 Å². The second-order valence-electron chi connectivity index (χ2n) is 3.48. The molecule has 3 nitrogen and oxygen atoms in total. The van der Waals surface area contributed by atoms with Gasteiger partial charge in [0.05, 0.1) is 6.04 Å². The van der Waals surface area contributed by atoms with Crippen LogP contribution in [-0.2, 0) is 6.42 Å². The van der Waals surface area contributed by atoms with Crippen molar-refractivity contribution in [2.24, 2.45) is 5.73 Å². The summed E-state index contributed by atoms with van der Waals surface area (Å²) in [5.74, 6) is 2.01. The van der Waals surface area contributed by atoms with Crippen molar-refractivity contribution >= 4 is 0 Å². The molecular formula is C11H20N2O. The van der Waals surface area contributed by atoms with Gasteiger partial charge in [-0.25, -0.2) is 0 Å². The van der Waals surface area contributed by atoms with Gasteiger partial charge in [0.25, 0.3) is 0 Å². The molecule has 0 aliphatic rings. The molecule has 0 fully saturated rings. The van der Waals surface area contributed by atoms with Crippen molar-refractivity contribution in [1.82, 2.24) is 4.90 Å². The van der Waals surface area contributed by atoms with Gasteiger partial charge in [-0.1, -0.05) is 13.8 Å². The van der Waals surface area contributed by atoms with E-state index in [4.69, 9.17) is 10.2 Å². The minimum absolute atomic E-state index is 0.209. The molecule has 1 aromatic rings. The van der Waals surface area contributed by atoms with Gasteiger partial charge in [0.1, 0.15) is 11.5 Å². The fraction of sp³-hybridized carbons (Fsp3) is 0.636. The highest BCUT2D eigenvalue weighted by atomic mass is 16.3. The lowest BCUT2D eigenvalue weighted by atomic mass is 10.2. The fourth-order valence-electron chi connectivity index (χ4n) is 1.50. The summed E-state index contributed by atoms with van der Waals surface area (Å²) in [6.45, 7) is 5.78. The molecule has 0 radical (unpaired) electrons. The molecule has 1 unspecified atom stereocenters. The van der Waals surface area contributed by atoms with Gasteiger partial charge < -0.3 is 10.2 Å². The molecule has 0 aromatic carbocycles. The number of likely N-dealkylation sites (N-methyl/N-ethyl adjacent to an activating group) is 1. The van der Waals surface area contributed by atoms with Crippen LogP contribution in [0.15, 0.2) is 16.5 Å². The van der Waals surface area contributed by atoms with E-state index in [1.807, 2.05) is 12.1 Å². The van der Waals surface area contributed by atoms with Gasteiger partial charge in [0, 0.05) is 13.0 Å². The molecule has 3 heteroatoms. The molecule has 1 atom stereocenters. The van der Waals surface area contributed by atoms with E-state index in [0.29, 0.717) is 6.54 Å². The van der Waals surface area contributed by atoms with Gasteiger partial charge in [0.15, 0.2) is 0 Å². The van der Waals surface area contributed by atoms with Gasteiger partial charge in [0.2, 0.25) is 0 Å². The number of hydrogen-bond acceptors (Lipinski definition) is 3. The van der Waals surface area contributed by atoms with Crippen molar-refractivity contribution in [2.75, 3.05) is 20.1 Å². The largest absolute Gasteiger partial charge is 0.464 e. The maximum atomic E-state index is 5.73. The Morgan fingerprint density at radius 1 is 1.43 bits per heavy atom. The van der Waals surface area contributed by atoms with E-state index in [9.17, 15) is 0 Å². The van der Waals surface area contributed by atoms with E-state index < -0.39 is 0 Å². The zero-order chi connectivity index (χ0) is 10.6. The standard InChI is InChI=1S/C11H20N2O/c1-4-9-6-7-11(14-9)10(8-12)13(3)5-2/h6-7,10H,4-5,8,12H2,1-3H3. The smallest absolute Gasteiger partial charge is 0.122 e. The van der Waals surface area contributed by atoms with E-state index in [-0.39, 0.29) is 6.04 Å². The summed E-state index contributed by atoms with van der Waals surface area (Å²) < 4.78 is 5.69. The van der Waals surface area contributed by atoms with Crippen LogP contribution in [0, 0.1) is 0 Å². The van der Waals surface area contributed by atoms with E-state index in [1.54, 1.807) is 0 Å². The molecule has 80 valence electrons. The minimum atomic E-state index is 0.209. The predicted octanol–water partition coefficient (Wildman–Crippen LogP) is 1.79. The maximum Gasteiger partial charge on any atom is 0.122 e. The summed E-state index contributed by atoms with van der Waals surface area (Å²) >= 11 is 0. The molecule has 1 rings (SSSR count). The van der Waals surface area contributed by atoms with Crippen LogP contribution in [0.2, 0.25) is 0 Å². The third-order valence-corrected chi connectivity index (χ3v) is 2.61. The summed E-state index contributed by atoms with van der Waals surface area (Å²) in [5.41, 5.74) is 5.73. The Bertz CT molecular complexity index is 270. The molecule has 1 heterocycles. The Balaban J connectivity index is 2.78. The first kappa shape index (κ1) is 11.3. The monoisotopic (exact) mass is 196 g/mol. The number of hydrogen-bond donors (Lipinski definition) is 1. The Hall–Kier alpha value is -0.800. The molecule has 1 aromatic heterocycles. The Morgan fingerprint density at radius 2 is 2.14 bits per heavy atom. The van der Waals surface area contributed by atoms with Crippen LogP contribution in [0.4, 0.5) is 0 Å². The van der Waals surface area contributed by atoms with Gasteiger partial charge in [-0.3, -0.25) is 4.90 Å². The third kappa shape index (κ3) is 2.36. The highest BCUT2D eigenvalue weighted by Gasteiger charge is 2.17. The Labute approximate surface area is 85.9 Å². The van der Waals surface area contributed by atoms with E-state index >= 15 is 0 Å². The van der Waals surface area contributed by atoms with Crippen molar-refractivity contribution < 1.29 is 4.42 Å². The van der Waals surface area contributed by atoms with Crippen molar-refractivity contribution in [1.29, 1.82) is 0 Å². The second kappa shape index (κ2) is 5.17. The van der Waals surface area contributed by atoms with E-state index in [0.717, 1.165) is 24.5 Å². The number of nitrogens with zero attached hydrogens (tertiary/aromatic N) is 1. The van der Waals surface area contributed by atoms with Crippen LogP contribution in [0.25, 0.3) is 0 Å². The summed E-state index contributed by atoms with van der Waals surface area (Å²) in [6, 6.07) is 4.27. The third-order valence-electron chi connectivity index (χ3n) is 2.61. The minimum Gasteiger partial charge on any atom is -0.464 e. The molecule has 0 amide bonds. The van der Waals surface area contributed by atoms with E-state index in [2.05, 4.69) is 25.8 Å². The summed E-state index contributed by atoms with van der Waals surface area (Å²) in [6.07, 6.45) is 0.938. The lowest BCUT2D eigenvalue weighted by Crippen LogP contribution is -2.29. The normalized spacial score (nSPS) is 13.5. The Kier molecular flexibility index (Phi) is 4.17. The highest BCUT2D eigenvalue weighted by Crippen LogP contribution is 2.20. The van der Waals surface area contributed by atoms with Crippen LogP contribution in [0.3, 0.4) is 0 Å².